The predicted molar refractivity (Wildman–Crippen MR) is 102 cm³/mol. The molecule has 0 aliphatic rings. The van der Waals surface area contributed by atoms with Crippen LogP contribution < -0.4 is 16.3 Å². The van der Waals surface area contributed by atoms with E-state index < -0.39 is 0 Å². The fourth-order valence-corrected chi connectivity index (χ4v) is 3.34. The lowest BCUT2D eigenvalue weighted by atomic mass is 10.1. The summed E-state index contributed by atoms with van der Waals surface area (Å²) in [7, 11) is 3.45. The van der Waals surface area contributed by atoms with Gasteiger partial charge in [-0.05, 0) is 31.5 Å². The minimum atomic E-state index is -0.292. The highest BCUT2D eigenvalue weighted by Gasteiger charge is 2.12. The third-order valence-corrected chi connectivity index (χ3v) is 4.91. The van der Waals surface area contributed by atoms with Crippen LogP contribution in [0.4, 0.5) is 10.5 Å². The Morgan fingerprint density at radius 1 is 1.23 bits per heavy atom. The molecular weight excluding hydrogens is 354 g/mol. The van der Waals surface area contributed by atoms with Crippen molar-refractivity contribution in [1.29, 1.82) is 0 Å². The molecule has 3 N–H and O–H groups in total. The number of hydrogen-bond acceptors (Lipinski definition) is 5. The number of fused-ring (bicyclic) bond motifs is 1. The van der Waals surface area contributed by atoms with Gasteiger partial charge in [-0.3, -0.25) is 14.2 Å². The van der Waals surface area contributed by atoms with Gasteiger partial charge in [-0.25, -0.2) is 14.6 Å². The Balaban J connectivity index is 1.61. The number of carbonyl (C=O) groups excluding carboxylic acids is 1. The van der Waals surface area contributed by atoms with E-state index in [1.807, 2.05) is 26.0 Å². The van der Waals surface area contributed by atoms with Crippen LogP contribution in [0.1, 0.15) is 11.4 Å². The molecule has 0 radical (unpaired) electrons. The van der Waals surface area contributed by atoms with E-state index in [2.05, 4.69) is 25.8 Å². The molecular formula is C16H21N7O2S. The smallest absolute Gasteiger partial charge is 0.328 e. The highest BCUT2D eigenvalue weighted by molar-refractivity contribution is 7.99. The molecule has 0 aliphatic heterocycles. The fraction of sp³-hybridized carbons (Fsp3) is 0.375. The van der Waals surface area contributed by atoms with E-state index >= 15 is 0 Å². The zero-order chi connectivity index (χ0) is 18.8. The summed E-state index contributed by atoms with van der Waals surface area (Å²) in [4.78, 5) is 28.4. The van der Waals surface area contributed by atoms with Crippen LogP contribution in [-0.4, -0.2) is 42.6 Å². The van der Waals surface area contributed by atoms with Gasteiger partial charge in [0, 0.05) is 32.1 Å². The van der Waals surface area contributed by atoms with E-state index in [0.717, 1.165) is 22.4 Å². The van der Waals surface area contributed by atoms with Gasteiger partial charge >= 0.3 is 11.7 Å². The number of hydrogen-bond donors (Lipinski definition) is 3. The van der Waals surface area contributed by atoms with E-state index in [9.17, 15) is 9.59 Å². The maximum absolute atomic E-state index is 12.1. The lowest BCUT2D eigenvalue weighted by Gasteiger charge is -2.10. The van der Waals surface area contributed by atoms with Crippen LogP contribution in [0.3, 0.4) is 0 Å². The van der Waals surface area contributed by atoms with Gasteiger partial charge in [0.25, 0.3) is 0 Å². The Bertz CT molecular complexity index is 1020. The van der Waals surface area contributed by atoms with Crippen LogP contribution in [-0.2, 0) is 14.1 Å². The number of H-pyrrole nitrogens is 1. The first-order chi connectivity index (χ1) is 12.4. The molecule has 2 aromatic heterocycles. The Morgan fingerprint density at radius 3 is 2.58 bits per heavy atom. The molecule has 1 aromatic carbocycles. The standard InChI is InChI=1S/C16H21N7O2S/c1-9-7-12-13(23(4)16(25)22(12)3)8-11(9)19-14(24)17-5-6-26-15-18-10(2)20-21-15/h7-8H,5-6H2,1-4H3,(H2,17,19,24)(H,18,20,21). The van der Waals surface area contributed by atoms with Gasteiger partial charge < -0.3 is 10.6 Å². The van der Waals surface area contributed by atoms with Gasteiger partial charge in [0.15, 0.2) is 0 Å². The van der Waals surface area contributed by atoms with Crippen LogP contribution >= 0.6 is 11.8 Å². The number of thioether (sulfide) groups is 1. The maximum atomic E-state index is 12.1. The van der Waals surface area contributed by atoms with E-state index in [4.69, 9.17) is 0 Å². The van der Waals surface area contributed by atoms with Crippen molar-refractivity contribution in [2.24, 2.45) is 14.1 Å². The van der Waals surface area contributed by atoms with Gasteiger partial charge in [-0.15, -0.1) is 5.10 Å². The molecule has 3 aromatic rings. The normalized spacial score (nSPS) is 11.1. The van der Waals surface area contributed by atoms with Crippen LogP contribution in [0.5, 0.6) is 0 Å². The van der Waals surface area contributed by atoms with E-state index in [-0.39, 0.29) is 11.7 Å². The second kappa shape index (κ2) is 7.24. The number of anilines is 1. The van der Waals surface area contributed by atoms with Gasteiger partial charge in [0.05, 0.1) is 11.0 Å². The Hall–Kier alpha value is -2.75. The van der Waals surface area contributed by atoms with Crippen molar-refractivity contribution in [3.8, 4) is 0 Å². The number of imidazole rings is 1. The number of benzene rings is 1. The number of nitrogens with one attached hydrogen (secondary N) is 3. The van der Waals surface area contributed by atoms with Gasteiger partial charge in [0.1, 0.15) is 5.82 Å². The van der Waals surface area contributed by atoms with E-state index in [0.29, 0.717) is 23.1 Å². The molecule has 0 saturated carbocycles. The van der Waals surface area contributed by atoms with Gasteiger partial charge in [-0.2, -0.15) is 0 Å². The Kier molecular flexibility index (Phi) is 5.03. The lowest BCUT2D eigenvalue weighted by Crippen LogP contribution is -2.30. The number of amides is 2. The topological polar surface area (TPSA) is 110 Å². The average molecular weight is 375 g/mol. The van der Waals surface area contributed by atoms with Crippen molar-refractivity contribution in [3.05, 3.63) is 34.0 Å². The van der Waals surface area contributed by atoms with Crippen molar-refractivity contribution in [3.63, 3.8) is 0 Å². The zero-order valence-corrected chi connectivity index (χ0v) is 15.9. The molecule has 9 nitrogen and oxygen atoms in total. The van der Waals surface area contributed by atoms with Crippen molar-refractivity contribution < 1.29 is 4.79 Å². The zero-order valence-electron chi connectivity index (χ0n) is 15.1. The summed E-state index contributed by atoms with van der Waals surface area (Å²) in [5, 5.41) is 13.1. The number of carbonyl (C=O) groups is 1. The minimum Gasteiger partial charge on any atom is -0.337 e. The van der Waals surface area contributed by atoms with Crippen molar-refractivity contribution in [2.45, 2.75) is 19.0 Å². The largest absolute Gasteiger partial charge is 0.337 e. The van der Waals surface area contributed by atoms with Gasteiger partial charge in [0.2, 0.25) is 5.16 Å². The number of nitrogens with zero attached hydrogens (tertiary/aromatic N) is 4. The predicted octanol–water partition coefficient (Wildman–Crippen LogP) is 1.53. The third-order valence-electron chi connectivity index (χ3n) is 4.06. The molecule has 0 saturated heterocycles. The first-order valence-corrected chi connectivity index (χ1v) is 9.08. The quantitative estimate of drug-likeness (QED) is 0.463. The van der Waals surface area contributed by atoms with Crippen molar-refractivity contribution in [1.82, 2.24) is 29.6 Å². The molecule has 0 spiro atoms. The third kappa shape index (κ3) is 3.59. The van der Waals surface area contributed by atoms with E-state index in [1.54, 1.807) is 23.2 Å². The van der Waals surface area contributed by atoms with Crippen LogP contribution in [0.2, 0.25) is 0 Å². The molecule has 10 heteroatoms. The summed E-state index contributed by atoms with van der Waals surface area (Å²) in [6, 6.07) is 3.42. The molecule has 0 aliphatic carbocycles. The maximum Gasteiger partial charge on any atom is 0.328 e. The SMILES string of the molecule is Cc1nc(SCCNC(=O)Nc2cc3c(cc2C)n(C)c(=O)n3C)n[nH]1. The Morgan fingerprint density at radius 2 is 1.92 bits per heavy atom. The number of aromatic amines is 1. The van der Waals surface area contributed by atoms with Crippen molar-refractivity contribution in [2.75, 3.05) is 17.6 Å². The lowest BCUT2D eigenvalue weighted by molar-refractivity contribution is 0.252. The van der Waals surface area contributed by atoms with Gasteiger partial charge in [-0.1, -0.05) is 11.8 Å². The summed E-state index contributed by atoms with van der Waals surface area (Å²) >= 11 is 1.46. The molecule has 0 unspecified atom stereocenters. The molecule has 26 heavy (non-hydrogen) atoms. The summed E-state index contributed by atoms with van der Waals surface area (Å²) in [5.41, 5.74) is 3.07. The highest BCUT2D eigenvalue weighted by atomic mass is 32.2. The monoisotopic (exact) mass is 375 g/mol. The second-order valence-corrected chi connectivity index (χ2v) is 7.05. The summed E-state index contributed by atoms with van der Waals surface area (Å²) in [6.07, 6.45) is 0. The molecule has 2 amide bonds. The van der Waals surface area contributed by atoms with Crippen LogP contribution in [0.25, 0.3) is 11.0 Å². The molecule has 0 fully saturated rings. The fourth-order valence-electron chi connectivity index (χ4n) is 2.64. The molecule has 3 rings (SSSR count). The number of aromatic nitrogens is 5. The molecule has 0 bridgehead atoms. The van der Waals surface area contributed by atoms with Crippen LogP contribution in [0.15, 0.2) is 22.1 Å². The number of rotatable bonds is 5. The molecule has 2 heterocycles. The molecule has 138 valence electrons. The highest BCUT2D eigenvalue weighted by Crippen LogP contribution is 2.22. The summed E-state index contributed by atoms with van der Waals surface area (Å²) in [6.45, 7) is 4.22. The first kappa shape index (κ1) is 18.1. The minimum absolute atomic E-state index is 0.0970. The summed E-state index contributed by atoms with van der Waals surface area (Å²) in [5.74, 6) is 1.43. The number of urea groups is 1. The summed E-state index contributed by atoms with van der Waals surface area (Å²) < 4.78 is 3.15. The number of aryl methyl sites for hydroxylation is 4. The van der Waals surface area contributed by atoms with Crippen LogP contribution in [0, 0.1) is 13.8 Å². The average Bonchev–Trinajstić information content (AvgIpc) is 3.10. The van der Waals surface area contributed by atoms with Crippen molar-refractivity contribution >= 4 is 34.5 Å². The second-order valence-electron chi connectivity index (χ2n) is 5.99. The first-order valence-electron chi connectivity index (χ1n) is 8.09. The molecule has 0 atom stereocenters. The Labute approximate surface area is 154 Å². The van der Waals surface area contributed by atoms with E-state index in [1.165, 1.54) is 11.8 Å².